The molecule has 4 nitrogen and oxygen atoms in total. The van der Waals surface area contributed by atoms with Crippen LogP contribution in [0.1, 0.15) is 48.8 Å². The maximum Gasteiger partial charge on any atom is 0.223 e. The number of halogens is 1. The number of rotatable bonds is 3. The number of nitrogens with two attached hydrogens (primary N) is 1. The summed E-state index contributed by atoms with van der Waals surface area (Å²) in [5, 5.41) is 0.723. The molecule has 1 heterocycles. The van der Waals surface area contributed by atoms with Crippen LogP contribution >= 0.6 is 11.6 Å². The molecule has 0 radical (unpaired) electrons. The second-order valence-corrected chi connectivity index (χ2v) is 5.69. The average Bonchev–Trinajstić information content (AvgIpc) is 2.91. The van der Waals surface area contributed by atoms with Crippen LogP contribution in [0.25, 0.3) is 0 Å². The molecule has 1 aliphatic carbocycles. The molecule has 5 heteroatoms. The van der Waals surface area contributed by atoms with Gasteiger partial charge in [-0.2, -0.15) is 9.97 Å². The molecule has 0 atom stereocenters. The summed E-state index contributed by atoms with van der Waals surface area (Å²) in [6, 6.07) is 7.73. The van der Waals surface area contributed by atoms with Crippen LogP contribution in [0.5, 0.6) is 0 Å². The number of benzene rings is 1. The minimum atomic E-state index is 0.318. The van der Waals surface area contributed by atoms with Gasteiger partial charge in [0.05, 0.1) is 0 Å². The zero-order chi connectivity index (χ0) is 13.9. The third kappa shape index (κ3) is 3.07. The summed E-state index contributed by atoms with van der Waals surface area (Å²) in [5.41, 5.74) is 6.91. The minimum absolute atomic E-state index is 0.318. The lowest BCUT2D eigenvalue weighted by molar-refractivity contribution is 0.654. The molecule has 1 saturated carbocycles. The first-order valence-electron chi connectivity index (χ1n) is 6.95. The van der Waals surface area contributed by atoms with E-state index < -0.39 is 0 Å². The van der Waals surface area contributed by atoms with Gasteiger partial charge in [0.25, 0.3) is 0 Å². The molecule has 20 heavy (non-hydrogen) atoms. The van der Waals surface area contributed by atoms with Crippen LogP contribution in [0, 0.1) is 0 Å². The van der Waals surface area contributed by atoms with Gasteiger partial charge in [-0.05, 0) is 30.5 Å². The summed E-state index contributed by atoms with van der Waals surface area (Å²) in [6.07, 6.45) is 5.44. The molecule has 2 N–H and O–H groups in total. The maximum atomic E-state index is 6.00. The van der Waals surface area contributed by atoms with E-state index in [0.29, 0.717) is 18.3 Å². The Kier molecular flexibility index (Phi) is 3.83. The number of hydrogen-bond acceptors (Lipinski definition) is 4. The quantitative estimate of drug-likeness (QED) is 0.940. The van der Waals surface area contributed by atoms with E-state index in [9.17, 15) is 0 Å². The third-order valence-electron chi connectivity index (χ3n) is 3.69. The van der Waals surface area contributed by atoms with Gasteiger partial charge >= 0.3 is 0 Å². The zero-order valence-electron chi connectivity index (χ0n) is 11.2. The van der Waals surface area contributed by atoms with Crippen molar-refractivity contribution in [3.05, 3.63) is 46.5 Å². The molecular weight excluding hydrogens is 272 g/mol. The SMILES string of the molecule is Nc1nc(Cc2cccc(Cl)c2)nc(C2CCCC2)n1. The highest BCUT2D eigenvalue weighted by Crippen LogP contribution is 2.32. The van der Waals surface area contributed by atoms with Crippen molar-refractivity contribution in [1.82, 2.24) is 15.0 Å². The number of nitrogen functional groups attached to an aromatic ring is 1. The molecular formula is C15H17ClN4. The summed E-state index contributed by atoms with van der Waals surface area (Å²) in [7, 11) is 0. The molecule has 0 aliphatic heterocycles. The Morgan fingerprint density at radius 3 is 2.70 bits per heavy atom. The van der Waals surface area contributed by atoms with E-state index in [1.165, 1.54) is 12.8 Å². The van der Waals surface area contributed by atoms with E-state index in [4.69, 9.17) is 17.3 Å². The number of nitrogens with zero attached hydrogens (tertiary/aromatic N) is 3. The predicted octanol–water partition coefficient (Wildman–Crippen LogP) is 3.36. The Labute approximate surface area is 123 Å². The minimum Gasteiger partial charge on any atom is -0.368 e. The summed E-state index contributed by atoms with van der Waals surface area (Å²) >= 11 is 6.00. The maximum absolute atomic E-state index is 6.00. The van der Waals surface area contributed by atoms with E-state index in [2.05, 4.69) is 15.0 Å². The first kappa shape index (κ1) is 13.3. The largest absolute Gasteiger partial charge is 0.368 e. The van der Waals surface area contributed by atoms with Crippen molar-refractivity contribution >= 4 is 17.5 Å². The first-order valence-corrected chi connectivity index (χ1v) is 7.33. The molecule has 0 bridgehead atoms. The normalized spacial score (nSPS) is 15.7. The fourth-order valence-corrected chi connectivity index (χ4v) is 2.94. The van der Waals surface area contributed by atoms with E-state index in [1.807, 2.05) is 24.3 Å². The smallest absolute Gasteiger partial charge is 0.223 e. The van der Waals surface area contributed by atoms with Crippen LogP contribution in [-0.2, 0) is 6.42 Å². The number of hydrogen-bond donors (Lipinski definition) is 1. The summed E-state index contributed by atoms with van der Waals surface area (Å²) in [5.74, 6) is 2.34. The van der Waals surface area contributed by atoms with Gasteiger partial charge in [0.1, 0.15) is 11.6 Å². The van der Waals surface area contributed by atoms with Gasteiger partial charge in [-0.3, -0.25) is 0 Å². The van der Waals surface area contributed by atoms with Gasteiger partial charge < -0.3 is 5.73 Å². The number of aromatic nitrogens is 3. The summed E-state index contributed by atoms with van der Waals surface area (Å²) in [4.78, 5) is 13.1. The van der Waals surface area contributed by atoms with E-state index >= 15 is 0 Å². The van der Waals surface area contributed by atoms with Crippen LogP contribution in [0.3, 0.4) is 0 Å². The van der Waals surface area contributed by atoms with Gasteiger partial charge in [-0.15, -0.1) is 0 Å². The molecule has 3 rings (SSSR count). The van der Waals surface area contributed by atoms with E-state index in [-0.39, 0.29) is 0 Å². The van der Waals surface area contributed by atoms with Crippen molar-refractivity contribution < 1.29 is 0 Å². The highest BCUT2D eigenvalue weighted by molar-refractivity contribution is 6.30. The van der Waals surface area contributed by atoms with Crippen LogP contribution in [0.4, 0.5) is 5.95 Å². The third-order valence-corrected chi connectivity index (χ3v) is 3.92. The second-order valence-electron chi connectivity index (χ2n) is 5.26. The van der Waals surface area contributed by atoms with Crippen LogP contribution < -0.4 is 5.73 Å². The van der Waals surface area contributed by atoms with Gasteiger partial charge in [0, 0.05) is 17.4 Å². The van der Waals surface area contributed by atoms with Crippen molar-refractivity contribution in [2.75, 3.05) is 5.73 Å². The highest BCUT2D eigenvalue weighted by Gasteiger charge is 2.21. The Balaban J connectivity index is 1.85. The van der Waals surface area contributed by atoms with Crippen molar-refractivity contribution in [3.63, 3.8) is 0 Å². The van der Waals surface area contributed by atoms with Gasteiger partial charge in [0.15, 0.2) is 0 Å². The van der Waals surface area contributed by atoms with Crippen LogP contribution in [0.2, 0.25) is 5.02 Å². The standard InChI is InChI=1S/C15H17ClN4/c16-12-7-3-4-10(8-12)9-13-18-14(20-15(17)19-13)11-5-1-2-6-11/h3-4,7-8,11H,1-2,5-6,9H2,(H2,17,18,19,20). The molecule has 1 fully saturated rings. The fraction of sp³-hybridized carbons (Fsp3) is 0.400. The number of anilines is 1. The molecule has 1 aliphatic rings. The molecule has 0 spiro atoms. The summed E-state index contributed by atoms with van der Waals surface area (Å²) < 4.78 is 0. The van der Waals surface area contributed by atoms with Crippen molar-refractivity contribution in [1.29, 1.82) is 0 Å². The Hall–Kier alpha value is -1.68. The Bertz CT molecular complexity index is 609. The Morgan fingerprint density at radius 2 is 1.95 bits per heavy atom. The van der Waals surface area contributed by atoms with Crippen molar-refractivity contribution in [2.45, 2.75) is 38.0 Å². The Morgan fingerprint density at radius 1 is 1.15 bits per heavy atom. The molecule has 2 aromatic rings. The molecule has 1 aromatic carbocycles. The van der Waals surface area contributed by atoms with Crippen molar-refractivity contribution in [2.24, 2.45) is 0 Å². The van der Waals surface area contributed by atoms with E-state index in [0.717, 1.165) is 35.1 Å². The first-order chi connectivity index (χ1) is 9.70. The monoisotopic (exact) mass is 288 g/mol. The molecule has 0 amide bonds. The summed E-state index contributed by atoms with van der Waals surface area (Å²) in [6.45, 7) is 0. The van der Waals surface area contributed by atoms with Gasteiger partial charge in [0.2, 0.25) is 5.95 Å². The lowest BCUT2D eigenvalue weighted by Crippen LogP contribution is -2.10. The molecule has 104 valence electrons. The molecule has 0 unspecified atom stereocenters. The second kappa shape index (κ2) is 5.75. The lowest BCUT2D eigenvalue weighted by Gasteiger charge is -2.09. The highest BCUT2D eigenvalue weighted by atomic mass is 35.5. The van der Waals surface area contributed by atoms with Crippen LogP contribution in [0.15, 0.2) is 24.3 Å². The average molecular weight is 289 g/mol. The predicted molar refractivity (Wildman–Crippen MR) is 79.7 cm³/mol. The van der Waals surface area contributed by atoms with Gasteiger partial charge in [-0.1, -0.05) is 36.6 Å². The van der Waals surface area contributed by atoms with Gasteiger partial charge in [-0.25, -0.2) is 4.98 Å². The fourth-order valence-electron chi connectivity index (χ4n) is 2.73. The molecule has 0 saturated heterocycles. The molecule has 1 aromatic heterocycles. The lowest BCUT2D eigenvalue weighted by atomic mass is 10.1. The van der Waals surface area contributed by atoms with E-state index in [1.54, 1.807) is 0 Å². The van der Waals surface area contributed by atoms with Crippen LogP contribution in [-0.4, -0.2) is 15.0 Å². The van der Waals surface area contributed by atoms with Crippen molar-refractivity contribution in [3.8, 4) is 0 Å². The topological polar surface area (TPSA) is 64.7 Å². The zero-order valence-corrected chi connectivity index (χ0v) is 12.0.